The van der Waals surface area contributed by atoms with Gasteiger partial charge in [-0.2, -0.15) is 17.2 Å². The van der Waals surface area contributed by atoms with E-state index in [0.717, 1.165) is 18.2 Å². The molecule has 1 aromatic heterocycles. The number of hydrogen-bond donors (Lipinski definition) is 0. The van der Waals surface area contributed by atoms with Crippen molar-refractivity contribution in [2.75, 3.05) is 7.11 Å². The van der Waals surface area contributed by atoms with Crippen molar-refractivity contribution in [2.45, 2.75) is 4.90 Å². The van der Waals surface area contributed by atoms with E-state index in [-0.39, 0.29) is 27.4 Å². The number of nitrogens with zero attached hydrogens (tertiary/aromatic N) is 1. The van der Waals surface area contributed by atoms with Gasteiger partial charge in [0.1, 0.15) is 16.5 Å². The van der Waals surface area contributed by atoms with Crippen molar-refractivity contribution in [1.82, 2.24) is 4.98 Å². The van der Waals surface area contributed by atoms with E-state index in [1.54, 1.807) is 0 Å². The molecule has 0 saturated heterocycles. The van der Waals surface area contributed by atoms with E-state index in [1.807, 2.05) is 0 Å². The van der Waals surface area contributed by atoms with Crippen LogP contribution in [0.4, 0.5) is 26.3 Å². The molecule has 1 heterocycles. The van der Waals surface area contributed by atoms with Crippen molar-refractivity contribution in [1.29, 1.82) is 0 Å². The number of halogens is 7. The fraction of sp³-hybridized carbons (Fsp3) is 0.0455. The zero-order chi connectivity index (χ0) is 25.7. The van der Waals surface area contributed by atoms with Crippen LogP contribution in [0.25, 0.3) is 22.0 Å². The van der Waals surface area contributed by atoms with Crippen molar-refractivity contribution in [2.24, 2.45) is 0 Å². The first-order chi connectivity index (χ1) is 16.5. The molecule has 0 saturated carbocycles. The molecule has 0 spiro atoms. The van der Waals surface area contributed by atoms with Gasteiger partial charge in [-0.1, -0.05) is 17.7 Å². The van der Waals surface area contributed by atoms with Gasteiger partial charge in [0.05, 0.1) is 17.8 Å². The fourth-order valence-corrected chi connectivity index (χ4v) is 4.35. The summed E-state index contributed by atoms with van der Waals surface area (Å²) in [6.07, 6.45) is 1.27. The first-order valence-corrected chi connectivity index (χ1v) is 11.1. The van der Waals surface area contributed by atoms with E-state index in [9.17, 15) is 34.8 Å². The first kappa shape index (κ1) is 24.6. The molecule has 0 aliphatic heterocycles. The van der Waals surface area contributed by atoms with Crippen molar-refractivity contribution < 1.29 is 43.7 Å². The van der Waals surface area contributed by atoms with Gasteiger partial charge in [0.2, 0.25) is 34.8 Å². The second kappa shape index (κ2) is 8.93. The Morgan fingerprint density at radius 2 is 1.49 bits per heavy atom. The average molecular weight is 534 g/mol. The number of fused-ring (bicyclic) bond motifs is 1. The van der Waals surface area contributed by atoms with Crippen LogP contribution >= 0.6 is 11.6 Å². The quantitative estimate of drug-likeness (QED) is 0.133. The second-order valence-electron chi connectivity index (χ2n) is 6.95. The Labute approximate surface area is 198 Å². The predicted molar refractivity (Wildman–Crippen MR) is 113 cm³/mol. The summed E-state index contributed by atoms with van der Waals surface area (Å²) in [6, 6.07) is 6.87. The smallest absolute Gasteiger partial charge is 0.339 e. The number of methoxy groups -OCH3 is 1. The summed E-state index contributed by atoms with van der Waals surface area (Å²) in [5, 5.41) is 0.307. The fourth-order valence-electron chi connectivity index (χ4n) is 3.22. The van der Waals surface area contributed by atoms with Gasteiger partial charge < -0.3 is 8.92 Å². The van der Waals surface area contributed by atoms with Crippen molar-refractivity contribution in [3.8, 4) is 22.8 Å². The zero-order valence-corrected chi connectivity index (χ0v) is 18.7. The topological polar surface area (TPSA) is 65.5 Å². The molecular formula is C22H10ClF6NO4S. The minimum Gasteiger partial charge on any atom is -0.496 e. The van der Waals surface area contributed by atoms with Crippen LogP contribution in [0, 0.1) is 34.9 Å². The third kappa shape index (κ3) is 4.23. The molecule has 0 aliphatic rings. The van der Waals surface area contributed by atoms with Gasteiger partial charge in [-0.05, 0) is 29.7 Å². The Morgan fingerprint density at radius 3 is 2.11 bits per heavy atom. The first-order valence-electron chi connectivity index (χ1n) is 9.34. The van der Waals surface area contributed by atoms with E-state index in [1.165, 1.54) is 31.5 Å². The minimum absolute atomic E-state index is 0.169. The molecule has 35 heavy (non-hydrogen) atoms. The van der Waals surface area contributed by atoms with Gasteiger partial charge in [0.15, 0.2) is 0 Å². The zero-order valence-electron chi connectivity index (χ0n) is 17.2. The molecule has 0 radical (unpaired) electrons. The van der Waals surface area contributed by atoms with Crippen LogP contribution in [0.15, 0.2) is 47.5 Å². The summed E-state index contributed by atoms with van der Waals surface area (Å²) in [4.78, 5) is 3.51. The largest absolute Gasteiger partial charge is 0.496 e. The van der Waals surface area contributed by atoms with E-state index < -0.39 is 55.7 Å². The summed E-state index contributed by atoms with van der Waals surface area (Å²) >= 11 is 5.78. The maximum absolute atomic E-state index is 14.1. The average Bonchev–Trinajstić information content (AvgIpc) is 2.84. The highest BCUT2D eigenvalue weighted by Gasteiger charge is 2.31. The van der Waals surface area contributed by atoms with Crippen molar-refractivity contribution in [3.63, 3.8) is 0 Å². The SMILES string of the molecule is COc1cc(Cl)c(F)cc1-c1nccc2cc(S(=O)(=O)Oc3c(F)c(F)c(F)c(F)c3F)ccc12. The maximum atomic E-state index is 14.1. The summed E-state index contributed by atoms with van der Waals surface area (Å²) in [5.41, 5.74) is 0.368. The highest BCUT2D eigenvalue weighted by molar-refractivity contribution is 7.87. The third-order valence-corrected chi connectivity index (χ3v) is 6.39. The van der Waals surface area contributed by atoms with Gasteiger partial charge in [-0.3, -0.25) is 4.98 Å². The highest BCUT2D eigenvalue weighted by Crippen LogP contribution is 2.37. The monoisotopic (exact) mass is 533 g/mol. The molecule has 0 unspecified atom stereocenters. The molecule has 182 valence electrons. The van der Waals surface area contributed by atoms with Gasteiger partial charge >= 0.3 is 10.1 Å². The van der Waals surface area contributed by atoms with Crippen LogP contribution < -0.4 is 8.92 Å². The number of aromatic nitrogens is 1. The van der Waals surface area contributed by atoms with Crippen LogP contribution in [-0.4, -0.2) is 20.5 Å². The molecular weight excluding hydrogens is 524 g/mol. The van der Waals surface area contributed by atoms with Crippen LogP contribution in [0.5, 0.6) is 11.5 Å². The molecule has 4 rings (SSSR count). The van der Waals surface area contributed by atoms with Crippen LogP contribution in [0.1, 0.15) is 0 Å². The van der Waals surface area contributed by atoms with E-state index in [2.05, 4.69) is 9.17 Å². The molecule has 5 nitrogen and oxygen atoms in total. The molecule has 3 aromatic carbocycles. The lowest BCUT2D eigenvalue weighted by atomic mass is 10.0. The Morgan fingerprint density at radius 1 is 0.857 bits per heavy atom. The number of rotatable bonds is 5. The van der Waals surface area contributed by atoms with Gasteiger partial charge in [-0.25, -0.2) is 17.6 Å². The lowest BCUT2D eigenvalue weighted by Crippen LogP contribution is -2.14. The van der Waals surface area contributed by atoms with Crippen molar-refractivity contribution >= 4 is 32.5 Å². The lowest BCUT2D eigenvalue weighted by Gasteiger charge is -2.13. The van der Waals surface area contributed by atoms with Crippen LogP contribution in [-0.2, 0) is 10.1 Å². The maximum Gasteiger partial charge on any atom is 0.339 e. The standard InChI is InChI=1S/C22H10ClF6NO4S/c1-33-15-8-13(23)14(24)7-12(15)21-11-3-2-10(6-9(11)4-5-30-21)35(31,32)34-22-19(28)17(26)16(25)18(27)20(22)29/h2-8H,1H3. The lowest BCUT2D eigenvalue weighted by molar-refractivity contribution is 0.346. The summed E-state index contributed by atoms with van der Waals surface area (Å²) in [7, 11) is -3.74. The number of pyridine rings is 1. The van der Waals surface area contributed by atoms with E-state index >= 15 is 0 Å². The van der Waals surface area contributed by atoms with Gasteiger partial charge in [-0.15, -0.1) is 0 Å². The molecule has 0 aliphatic carbocycles. The summed E-state index contributed by atoms with van der Waals surface area (Å²) in [5.74, 6) is -14.7. The predicted octanol–water partition coefficient (Wildman–Crippen LogP) is 6.17. The third-order valence-electron chi connectivity index (χ3n) is 4.88. The Kier molecular flexibility index (Phi) is 6.28. The molecule has 0 N–H and O–H groups in total. The minimum atomic E-state index is -5.06. The van der Waals surface area contributed by atoms with E-state index in [0.29, 0.717) is 5.39 Å². The molecule has 4 aromatic rings. The van der Waals surface area contributed by atoms with Crippen LogP contribution in [0.3, 0.4) is 0 Å². The van der Waals surface area contributed by atoms with Crippen molar-refractivity contribution in [3.05, 3.63) is 82.5 Å². The molecule has 0 atom stereocenters. The number of ether oxygens (including phenoxy) is 1. The molecule has 0 bridgehead atoms. The Hall–Kier alpha value is -3.51. The summed E-state index contributed by atoms with van der Waals surface area (Å²) < 4.78 is 117. The number of hydrogen-bond acceptors (Lipinski definition) is 5. The molecule has 13 heteroatoms. The molecule has 0 amide bonds. The Balaban J connectivity index is 1.82. The normalized spacial score (nSPS) is 11.7. The molecule has 0 fully saturated rings. The highest BCUT2D eigenvalue weighted by atomic mass is 35.5. The summed E-state index contributed by atoms with van der Waals surface area (Å²) in [6.45, 7) is 0. The Bertz CT molecular complexity index is 1590. The van der Waals surface area contributed by atoms with E-state index in [4.69, 9.17) is 16.3 Å². The van der Waals surface area contributed by atoms with Gasteiger partial charge in [0.25, 0.3) is 0 Å². The van der Waals surface area contributed by atoms with Crippen LogP contribution in [0.2, 0.25) is 5.02 Å². The number of benzene rings is 3. The second-order valence-corrected chi connectivity index (χ2v) is 8.90. The van der Waals surface area contributed by atoms with Gasteiger partial charge in [0, 0.05) is 23.2 Å².